The van der Waals surface area contributed by atoms with Crippen molar-refractivity contribution in [1.82, 2.24) is 0 Å². The molecule has 0 saturated heterocycles. The first-order chi connectivity index (χ1) is 10.8. The average Bonchev–Trinajstić information content (AvgIpc) is 2.54. The second-order valence-electron chi connectivity index (χ2n) is 7.22. The van der Waals surface area contributed by atoms with Gasteiger partial charge in [-0.1, -0.05) is 110 Å². The Morgan fingerprint density at radius 3 is 1.14 bits per heavy atom. The van der Waals surface area contributed by atoms with Gasteiger partial charge in [0.1, 0.15) is 0 Å². The topological polar surface area (TPSA) is 20.2 Å². The van der Waals surface area contributed by atoms with E-state index in [9.17, 15) is 5.11 Å². The van der Waals surface area contributed by atoms with Crippen LogP contribution in [0.15, 0.2) is 0 Å². The van der Waals surface area contributed by atoms with Crippen molar-refractivity contribution in [1.29, 1.82) is 0 Å². The Labute approximate surface area is 141 Å². The van der Waals surface area contributed by atoms with E-state index in [0.29, 0.717) is 12.5 Å². The summed E-state index contributed by atoms with van der Waals surface area (Å²) in [6, 6.07) is 0. The maximum absolute atomic E-state index is 9.50. The van der Waals surface area contributed by atoms with E-state index in [0.717, 1.165) is 0 Å². The zero-order chi connectivity index (χ0) is 16.3. The molecule has 0 aliphatic carbocycles. The molecule has 22 heavy (non-hydrogen) atoms. The van der Waals surface area contributed by atoms with Crippen LogP contribution in [0, 0.1) is 5.92 Å². The Balaban J connectivity index is 3.29. The summed E-state index contributed by atoms with van der Waals surface area (Å²) in [6.45, 7) is 4.96. The van der Waals surface area contributed by atoms with E-state index in [4.69, 9.17) is 0 Å². The quantitative estimate of drug-likeness (QED) is 0.264. The van der Waals surface area contributed by atoms with Crippen LogP contribution < -0.4 is 0 Å². The van der Waals surface area contributed by atoms with E-state index in [1.807, 2.05) is 0 Å². The van der Waals surface area contributed by atoms with Gasteiger partial charge in [-0.05, 0) is 18.8 Å². The van der Waals surface area contributed by atoms with Gasteiger partial charge in [-0.15, -0.1) is 0 Å². The van der Waals surface area contributed by atoms with Crippen LogP contribution in [0.5, 0.6) is 0 Å². The third kappa shape index (κ3) is 16.3. The van der Waals surface area contributed by atoms with Crippen LogP contribution in [0.2, 0.25) is 0 Å². The molecule has 0 spiro atoms. The number of rotatable bonds is 18. The van der Waals surface area contributed by atoms with Crippen LogP contribution >= 0.6 is 0 Å². The van der Waals surface area contributed by atoms with Gasteiger partial charge < -0.3 is 5.11 Å². The molecule has 0 radical (unpaired) electrons. The predicted molar refractivity (Wildman–Crippen MR) is 100 cm³/mol. The molecule has 0 heterocycles. The SMILES string of the molecule is CCCCCCCCCCC(CO)CCCCCCCCC. The van der Waals surface area contributed by atoms with Crippen molar-refractivity contribution in [3.05, 3.63) is 0 Å². The summed E-state index contributed by atoms with van der Waals surface area (Å²) < 4.78 is 0. The van der Waals surface area contributed by atoms with Crippen molar-refractivity contribution in [2.75, 3.05) is 6.61 Å². The highest BCUT2D eigenvalue weighted by Gasteiger charge is 2.06. The molecule has 0 aromatic carbocycles. The smallest absolute Gasteiger partial charge is 0.0459 e. The minimum atomic E-state index is 0.409. The van der Waals surface area contributed by atoms with Crippen LogP contribution in [-0.2, 0) is 0 Å². The van der Waals surface area contributed by atoms with Gasteiger partial charge in [-0.25, -0.2) is 0 Å². The average molecular weight is 313 g/mol. The minimum Gasteiger partial charge on any atom is -0.396 e. The molecule has 0 rings (SSSR count). The summed E-state index contributed by atoms with van der Waals surface area (Å²) in [7, 11) is 0. The molecule has 0 aliphatic rings. The molecule has 1 atom stereocenters. The molecule has 134 valence electrons. The standard InChI is InChI=1S/C21H44O/c1-3-5-7-9-11-13-15-17-19-21(20-22)18-16-14-12-10-8-6-4-2/h21-22H,3-20H2,1-2H3. The van der Waals surface area contributed by atoms with Crippen molar-refractivity contribution >= 4 is 0 Å². The van der Waals surface area contributed by atoms with Gasteiger partial charge in [-0.3, -0.25) is 0 Å². The van der Waals surface area contributed by atoms with E-state index in [-0.39, 0.29) is 0 Å². The minimum absolute atomic E-state index is 0.409. The molecule has 0 aliphatic heterocycles. The lowest BCUT2D eigenvalue weighted by molar-refractivity contribution is 0.204. The third-order valence-corrected chi connectivity index (χ3v) is 4.94. The molecule has 0 amide bonds. The largest absolute Gasteiger partial charge is 0.396 e. The number of unbranched alkanes of at least 4 members (excludes halogenated alkanes) is 13. The molecule has 1 N–H and O–H groups in total. The van der Waals surface area contributed by atoms with E-state index in [2.05, 4.69) is 13.8 Å². The fourth-order valence-electron chi connectivity index (χ4n) is 3.28. The molecule has 0 bridgehead atoms. The van der Waals surface area contributed by atoms with Crippen molar-refractivity contribution in [3.63, 3.8) is 0 Å². The lowest BCUT2D eigenvalue weighted by Gasteiger charge is -2.13. The fraction of sp³-hybridized carbons (Fsp3) is 1.00. The van der Waals surface area contributed by atoms with Crippen molar-refractivity contribution in [2.45, 2.75) is 123 Å². The first kappa shape index (κ1) is 22.0. The normalized spacial score (nSPS) is 12.7. The van der Waals surface area contributed by atoms with E-state index >= 15 is 0 Å². The molecule has 0 fully saturated rings. The number of hydrogen-bond acceptors (Lipinski definition) is 1. The first-order valence-electron chi connectivity index (χ1n) is 10.5. The van der Waals surface area contributed by atoms with Crippen LogP contribution in [0.1, 0.15) is 123 Å². The fourth-order valence-corrected chi connectivity index (χ4v) is 3.28. The highest BCUT2D eigenvalue weighted by Crippen LogP contribution is 2.19. The Morgan fingerprint density at radius 2 is 0.818 bits per heavy atom. The van der Waals surface area contributed by atoms with Gasteiger partial charge in [-0.2, -0.15) is 0 Å². The molecule has 1 heteroatoms. The summed E-state index contributed by atoms with van der Waals surface area (Å²) in [4.78, 5) is 0. The van der Waals surface area contributed by atoms with Crippen LogP contribution in [-0.4, -0.2) is 11.7 Å². The lowest BCUT2D eigenvalue weighted by atomic mass is 9.95. The maximum atomic E-state index is 9.50. The molecule has 0 saturated carbocycles. The second-order valence-corrected chi connectivity index (χ2v) is 7.22. The van der Waals surface area contributed by atoms with Crippen LogP contribution in [0.3, 0.4) is 0 Å². The number of aliphatic hydroxyl groups excluding tert-OH is 1. The third-order valence-electron chi connectivity index (χ3n) is 4.94. The van der Waals surface area contributed by atoms with E-state index in [1.54, 1.807) is 0 Å². The van der Waals surface area contributed by atoms with Crippen LogP contribution in [0.4, 0.5) is 0 Å². The Kier molecular flexibility index (Phi) is 19.0. The lowest BCUT2D eigenvalue weighted by Crippen LogP contribution is -2.06. The number of aliphatic hydroxyl groups is 1. The zero-order valence-electron chi connectivity index (χ0n) is 15.8. The Bertz CT molecular complexity index is 190. The van der Waals surface area contributed by atoms with Crippen molar-refractivity contribution in [3.8, 4) is 0 Å². The van der Waals surface area contributed by atoms with Crippen LogP contribution in [0.25, 0.3) is 0 Å². The van der Waals surface area contributed by atoms with Crippen molar-refractivity contribution < 1.29 is 5.11 Å². The maximum Gasteiger partial charge on any atom is 0.0459 e. The first-order valence-corrected chi connectivity index (χ1v) is 10.5. The van der Waals surface area contributed by atoms with Crippen molar-refractivity contribution in [2.24, 2.45) is 5.92 Å². The van der Waals surface area contributed by atoms with Gasteiger partial charge in [0.2, 0.25) is 0 Å². The van der Waals surface area contributed by atoms with Gasteiger partial charge >= 0.3 is 0 Å². The molecule has 1 unspecified atom stereocenters. The predicted octanol–water partition coefficient (Wildman–Crippen LogP) is 7.27. The molecule has 1 nitrogen and oxygen atoms in total. The molecular formula is C21H44O. The Hall–Kier alpha value is -0.0400. The summed E-state index contributed by atoms with van der Waals surface area (Å²) in [5.41, 5.74) is 0. The molecular weight excluding hydrogens is 268 g/mol. The summed E-state index contributed by atoms with van der Waals surface area (Å²) in [5, 5.41) is 9.50. The highest BCUT2D eigenvalue weighted by atomic mass is 16.3. The number of hydrogen-bond donors (Lipinski definition) is 1. The summed E-state index contributed by atoms with van der Waals surface area (Å²) >= 11 is 0. The van der Waals surface area contributed by atoms with Gasteiger partial charge in [0.25, 0.3) is 0 Å². The summed E-state index contributed by atoms with van der Waals surface area (Å²) in [6.07, 6.45) is 23.3. The monoisotopic (exact) mass is 312 g/mol. The van der Waals surface area contributed by atoms with E-state index in [1.165, 1.54) is 109 Å². The van der Waals surface area contributed by atoms with Gasteiger partial charge in [0.05, 0.1) is 0 Å². The molecule has 0 aromatic rings. The molecule has 0 aromatic heterocycles. The second kappa shape index (κ2) is 19.0. The summed E-state index contributed by atoms with van der Waals surface area (Å²) in [5.74, 6) is 0.579. The Morgan fingerprint density at radius 1 is 0.500 bits per heavy atom. The van der Waals surface area contributed by atoms with E-state index < -0.39 is 0 Å². The van der Waals surface area contributed by atoms with Gasteiger partial charge in [0, 0.05) is 6.61 Å². The highest BCUT2D eigenvalue weighted by molar-refractivity contribution is 4.59. The van der Waals surface area contributed by atoms with Gasteiger partial charge in [0.15, 0.2) is 0 Å². The zero-order valence-corrected chi connectivity index (χ0v) is 15.8.